The number of hydrogen-bond acceptors (Lipinski definition) is 1. The van der Waals surface area contributed by atoms with Gasteiger partial charge in [-0.25, -0.2) is 0 Å². The van der Waals surface area contributed by atoms with Gasteiger partial charge in [-0.15, -0.1) is 0 Å². The lowest BCUT2D eigenvalue weighted by Gasteiger charge is -2.30. The molecule has 0 radical (unpaired) electrons. The average molecular weight is 648 g/mol. The SMILES string of the molecule is C=C(/C=C\C(=N)c1ccc2c(c1)-c1ccccc1C21c2ccccc2-c2ccccc21)c1c2ccccc2c(-c2ccccc2)c2ccccc12. The van der Waals surface area contributed by atoms with E-state index in [1.807, 2.05) is 12.2 Å². The minimum atomic E-state index is -0.377. The molecule has 1 nitrogen and oxygen atoms in total. The maximum atomic E-state index is 9.31. The van der Waals surface area contributed by atoms with Crippen molar-refractivity contribution < 1.29 is 0 Å². The molecule has 0 amide bonds. The number of nitrogens with one attached hydrogen (secondary N) is 1. The van der Waals surface area contributed by atoms with Crippen LogP contribution in [0.4, 0.5) is 0 Å². The second-order valence-corrected chi connectivity index (χ2v) is 13.6. The van der Waals surface area contributed by atoms with Gasteiger partial charge in [-0.1, -0.05) is 176 Å². The molecular formula is C50H33N. The Hall–Kier alpha value is -6.57. The summed E-state index contributed by atoms with van der Waals surface area (Å²) in [6, 6.07) is 61.0. The van der Waals surface area contributed by atoms with Crippen LogP contribution in [0.1, 0.15) is 33.4 Å². The summed E-state index contributed by atoms with van der Waals surface area (Å²) in [6.45, 7) is 4.59. The lowest BCUT2D eigenvalue weighted by Crippen LogP contribution is -2.25. The van der Waals surface area contributed by atoms with Crippen molar-refractivity contribution in [1.82, 2.24) is 0 Å². The summed E-state index contributed by atoms with van der Waals surface area (Å²) in [5.74, 6) is 0. The largest absolute Gasteiger partial charge is 0.300 e. The van der Waals surface area contributed by atoms with Crippen molar-refractivity contribution in [2.75, 3.05) is 0 Å². The predicted octanol–water partition coefficient (Wildman–Crippen LogP) is 12.6. The van der Waals surface area contributed by atoms with Crippen molar-refractivity contribution in [3.05, 3.63) is 222 Å². The van der Waals surface area contributed by atoms with E-state index in [0.29, 0.717) is 5.71 Å². The van der Waals surface area contributed by atoms with Crippen molar-refractivity contribution in [3.8, 4) is 33.4 Å². The molecule has 0 bridgehead atoms. The van der Waals surface area contributed by atoms with Gasteiger partial charge >= 0.3 is 0 Å². The molecule has 51 heavy (non-hydrogen) atoms. The Morgan fingerprint density at radius 1 is 0.451 bits per heavy atom. The number of allylic oxidation sites excluding steroid dienone is 3. The van der Waals surface area contributed by atoms with Crippen LogP contribution >= 0.6 is 0 Å². The number of fused-ring (bicyclic) bond motifs is 12. The molecule has 0 saturated heterocycles. The molecule has 0 atom stereocenters. The van der Waals surface area contributed by atoms with Crippen molar-refractivity contribution >= 4 is 32.8 Å². The molecular weight excluding hydrogens is 615 g/mol. The zero-order valence-electron chi connectivity index (χ0n) is 28.0. The van der Waals surface area contributed by atoms with Gasteiger partial charge in [0.1, 0.15) is 0 Å². The maximum Gasteiger partial charge on any atom is 0.0725 e. The minimum Gasteiger partial charge on any atom is -0.300 e. The van der Waals surface area contributed by atoms with Crippen LogP contribution < -0.4 is 0 Å². The Morgan fingerprint density at radius 2 is 0.902 bits per heavy atom. The fourth-order valence-corrected chi connectivity index (χ4v) is 9.02. The highest BCUT2D eigenvalue weighted by Crippen LogP contribution is 2.62. The molecule has 10 rings (SSSR count). The highest BCUT2D eigenvalue weighted by molar-refractivity contribution is 6.20. The first-order valence-electron chi connectivity index (χ1n) is 17.5. The molecule has 0 saturated carbocycles. The summed E-state index contributed by atoms with van der Waals surface area (Å²) < 4.78 is 0. The number of rotatable bonds is 5. The van der Waals surface area contributed by atoms with E-state index in [9.17, 15) is 5.41 Å². The van der Waals surface area contributed by atoms with Crippen molar-refractivity contribution in [2.45, 2.75) is 5.41 Å². The van der Waals surface area contributed by atoms with Crippen LogP contribution in [0.15, 0.2) is 189 Å². The highest BCUT2D eigenvalue weighted by atomic mass is 14.5. The van der Waals surface area contributed by atoms with Gasteiger partial charge in [0.15, 0.2) is 0 Å². The zero-order chi connectivity index (χ0) is 34.1. The highest BCUT2D eigenvalue weighted by Gasteiger charge is 2.51. The molecule has 0 unspecified atom stereocenters. The van der Waals surface area contributed by atoms with E-state index < -0.39 is 0 Å². The van der Waals surface area contributed by atoms with Gasteiger partial charge in [0.05, 0.1) is 11.1 Å². The zero-order valence-corrected chi connectivity index (χ0v) is 28.0. The third-order valence-electron chi connectivity index (χ3n) is 11.1. The summed E-state index contributed by atoms with van der Waals surface area (Å²) in [7, 11) is 0. The van der Waals surface area contributed by atoms with E-state index in [2.05, 4.69) is 176 Å². The molecule has 2 aliphatic rings. The summed E-state index contributed by atoms with van der Waals surface area (Å²) in [5.41, 5.74) is 15.7. The first-order chi connectivity index (χ1) is 25.2. The third-order valence-corrected chi connectivity index (χ3v) is 11.1. The molecule has 0 aliphatic heterocycles. The topological polar surface area (TPSA) is 23.9 Å². The maximum absolute atomic E-state index is 9.31. The second kappa shape index (κ2) is 11.2. The molecule has 1 heteroatoms. The van der Waals surface area contributed by atoms with Gasteiger partial charge in [0.25, 0.3) is 0 Å². The fourth-order valence-electron chi connectivity index (χ4n) is 9.02. The summed E-state index contributed by atoms with van der Waals surface area (Å²) in [5, 5.41) is 14.0. The van der Waals surface area contributed by atoms with Gasteiger partial charge in [0, 0.05) is 5.56 Å². The van der Waals surface area contributed by atoms with Crippen LogP contribution in [-0.4, -0.2) is 5.71 Å². The monoisotopic (exact) mass is 647 g/mol. The molecule has 8 aromatic carbocycles. The average Bonchev–Trinajstić information content (AvgIpc) is 3.66. The Labute approximate surface area is 298 Å². The predicted molar refractivity (Wildman–Crippen MR) is 215 cm³/mol. The quantitative estimate of drug-likeness (QED) is 0.109. The van der Waals surface area contributed by atoms with E-state index in [-0.39, 0.29) is 5.41 Å². The molecule has 8 aromatic rings. The van der Waals surface area contributed by atoms with Crippen LogP contribution in [-0.2, 0) is 5.41 Å². The van der Waals surface area contributed by atoms with Gasteiger partial charge < -0.3 is 5.41 Å². The third kappa shape index (κ3) is 4.13. The molecule has 238 valence electrons. The molecule has 1 N–H and O–H groups in total. The van der Waals surface area contributed by atoms with Crippen LogP contribution in [0.25, 0.3) is 60.5 Å². The lowest BCUT2D eigenvalue weighted by molar-refractivity contribution is 0.793. The number of hydrogen-bond donors (Lipinski definition) is 1. The minimum absolute atomic E-state index is 0.377. The summed E-state index contributed by atoms with van der Waals surface area (Å²) in [4.78, 5) is 0. The summed E-state index contributed by atoms with van der Waals surface area (Å²) >= 11 is 0. The fraction of sp³-hybridized carbons (Fsp3) is 0.0200. The van der Waals surface area contributed by atoms with Gasteiger partial charge in [-0.2, -0.15) is 0 Å². The van der Waals surface area contributed by atoms with Crippen LogP contribution in [0, 0.1) is 5.41 Å². The van der Waals surface area contributed by atoms with Crippen molar-refractivity contribution in [1.29, 1.82) is 5.41 Å². The van der Waals surface area contributed by atoms with E-state index in [1.165, 1.54) is 66.4 Å². The molecule has 0 heterocycles. The first-order valence-corrected chi connectivity index (χ1v) is 17.5. The Kier molecular flexibility index (Phi) is 6.47. The first kappa shape index (κ1) is 29.4. The molecule has 0 aromatic heterocycles. The van der Waals surface area contributed by atoms with E-state index in [1.54, 1.807) is 0 Å². The Balaban J connectivity index is 1.07. The van der Waals surface area contributed by atoms with Gasteiger partial charge in [-0.05, 0) is 100 Å². The van der Waals surface area contributed by atoms with Crippen molar-refractivity contribution in [2.24, 2.45) is 0 Å². The van der Waals surface area contributed by atoms with Crippen molar-refractivity contribution in [3.63, 3.8) is 0 Å². The standard InChI is InChI=1S/C50H33N/c1-32(48-38-20-5-7-22-40(38)49(33-15-3-2-4-16-33)41-23-8-6-21-39(41)48)27-30-47(51)34-28-29-46-42(31-34)37-19-11-14-26-45(37)50(46)43-24-12-9-17-35(43)36-18-10-13-25-44(36)50/h2-31,51H,1H2/b30-27-,51-47?. The molecule has 0 fully saturated rings. The smallest absolute Gasteiger partial charge is 0.0725 e. The Bertz CT molecular complexity index is 2680. The van der Waals surface area contributed by atoms with E-state index in [4.69, 9.17) is 0 Å². The van der Waals surface area contributed by atoms with Gasteiger partial charge in [-0.3, -0.25) is 0 Å². The van der Waals surface area contributed by atoms with E-state index in [0.717, 1.165) is 27.5 Å². The molecule has 1 spiro atoms. The van der Waals surface area contributed by atoms with E-state index >= 15 is 0 Å². The lowest BCUT2D eigenvalue weighted by atomic mass is 9.70. The summed E-state index contributed by atoms with van der Waals surface area (Å²) in [6.07, 6.45) is 3.93. The van der Waals surface area contributed by atoms with Crippen LogP contribution in [0.2, 0.25) is 0 Å². The molecule has 2 aliphatic carbocycles. The van der Waals surface area contributed by atoms with Gasteiger partial charge in [0.2, 0.25) is 0 Å². The normalized spacial score (nSPS) is 13.3. The van der Waals surface area contributed by atoms with Crippen LogP contribution in [0.5, 0.6) is 0 Å². The number of benzene rings is 8. The second-order valence-electron chi connectivity index (χ2n) is 13.6. The van der Waals surface area contributed by atoms with Crippen LogP contribution in [0.3, 0.4) is 0 Å². The Morgan fingerprint density at radius 3 is 1.47 bits per heavy atom.